The van der Waals surface area contributed by atoms with Crippen LogP contribution in [-0.4, -0.2) is 24.4 Å². The quantitative estimate of drug-likeness (QED) is 0.469. The van der Waals surface area contributed by atoms with Gasteiger partial charge in [0.1, 0.15) is 11.9 Å². The third kappa shape index (κ3) is 5.66. The molecule has 6 nitrogen and oxygen atoms in total. The number of amides is 2. The molecule has 0 saturated heterocycles. The number of hydrogen-bond donors (Lipinski definition) is 2. The molecule has 0 spiro atoms. The monoisotopic (exact) mass is 400 g/mol. The molecule has 0 radical (unpaired) electrons. The Morgan fingerprint density at radius 3 is 2.75 bits per heavy atom. The van der Waals surface area contributed by atoms with Crippen molar-refractivity contribution >= 4 is 35.1 Å². The number of carbonyl (C=O) groups is 2. The van der Waals surface area contributed by atoms with Crippen LogP contribution in [0.5, 0.6) is 5.75 Å². The minimum Gasteiger partial charge on any atom is -0.494 e. The average molecular weight is 401 g/mol. The number of thioether (sulfide) groups is 1. The number of anilines is 2. The highest BCUT2D eigenvalue weighted by Crippen LogP contribution is 2.33. The lowest BCUT2D eigenvalue weighted by Gasteiger charge is -2.23. The number of hydrogen-bond acceptors (Lipinski definition) is 5. The Morgan fingerprint density at radius 1 is 1.21 bits per heavy atom. The highest BCUT2D eigenvalue weighted by Gasteiger charge is 2.22. The second-order valence-electron chi connectivity index (χ2n) is 6.53. The summed E-state index contributed by atoms with van der Waals surface area (Å²) >= 11 is 1.79. The van der Waals surface area contributed by atoms with E-state index in [0.717, 1.165) is 41.3 Å². The number of rotatable bonds is 8. The summed E-state index contributed by atoms with van der Waals surface area (Å²) in [5, 5.41) is 5.45. The number of benzene rings is 2. The SMILES string of the molecule is CC(=O)Nc1ccc(SCCCCOc2ccc3c(c2)C(C)OC(=O)N3)cc1. The van der Waals surface area contributed by atoms with E-state index in [1.54, 1.807) is 11.8 Å². The van der Waals surface area contributed by atoms with Gasteiger partial charge in [0.2, 0.25) is 5.91 Å². The fraction of sp³-hybridized carbons (Fsp3) is 0.333. The highest BCUT2D eigenvalue weighted by atomic mass is 32.2. The molecule has 3 rings (SSSR count). The number of ether oxygens (including phenoxy) is 2. The molecule has 0 fully saturated rings. The minimum atomic E-state index is -0.420. The third-order valence-electron chi connectivity index (χ3n) is 4.23. The number of carbonyl (C=O) groups excluding carboxylic acids is 2. The van der Waals surface area contributed by atoms with Gasteiger partial charge < -0.3 is 14.8 Å². The zero-order valence-corrected chi connectivity index (χ0v) is 16.8. The standard InChI is InChI=1S/C21H24N2O4S/c1-14-19-13-17(7-10-20(19)23-21(25)27-14)26-11-3-4-12-28-18-8-5-16(6-9-18)22-15(2)24/h5-10,13-14H,3-4,11-12H2,1-2H3,(H,22,24)(H,23,25). The summed E-state index contributed by atoms with van der Waals surface area (Å²) < 4.78 is 11.0. The van der Waals surface area contributed by atoms with E-state index in [2.05, 4.69) is 10.6 Å². The lowest BCUT2D eigenvalue weighted by molar-refractivity contribution is -0.114. The summed E-state index contributed by atoms with van der Waals surface area (Å²) in [7, 11) is 0. The molecule has 0 bridgehead atoms. The van der Waals surface area contributed by atoms with Crippen molar-refractivity contribution < 1.29 is 19.1 Å². The van der Waals surface area contributed by atoms with E-state index in [1.807, 2.05) is 49.4 Å². The maximum absolute atomic E-state index is 11.4. The van der Waals surface area contributed by atoms with E-state index in [0.29, 0.717) is 6.61 Å². The topological polar surface area (TPSA) is 76.7 Å². The van der Waals surface area contributed by atoms with Crippen LogP contribution in [0.15, 0.2) is 47.4 Å². The summed E-state index contributed by atoms with van der Waals surface area (Å²) in [5.74, 6) is 1.72. The van der Waals surface area contributed by atoms with Crippen molar-refractivity contribution in [2.45, 2.75) is 37.7 Å². The largest absolute Gasteiger partial charge is 0.494 e. The van der Waals surface area contributed by atoms with Crippen LogP contribution in [0.2, 0.25) is 0 Å². The second-order valence-corrected chi connectivity index (χ2v) is 7.70. The zero-order chi connectivity index (χ0) is 19.9. The van der Waals surface area contributed by atoms with Gasteiger partial charge in [-0.05, 0) is 68.0 Å². The molecule has 2 N–H and O–H groups in total. The lowest BCUT2D eigenvalue weighted by Crippen LogP contribution is -2.23. The summed E-state index contributed by atoms with van der Waals surface area (Å²) in [6, 6.07) is 13.5. The van der Waals surface area contributed by atoms with Crippen molar-refractivity contribution in [1.29, 1.82) is 0 Å². The summed E-state index contributed by atoms with van der Waals surface area (Å²) in [6.45, 7) is 3.99. The van der Waals surface area contributed by atoms with E-state index in [-0.39, 0.29) is 12.0 Å². The van der Waals surface area contributed by atoms with E-state index >= 15 is 0 Å². The van der Waals surface area contributed by atoms with Crippen LogP contribution in [0.3, 0.4) is 0 Å². The van der Waals surface area contributed by atoms with E-state index < -0.39 is 6.09 Å². The fourth-order valence-electron chi connectivity index (χ4n) is 2.87. The molecule has 1 aliphatic heterocycles. The average Bonchev–Trinajstić information content (AvgIpc) is 2.65. The van der Waals surface area contributed by atoms with Crippen molar-refractivity contribution in [3.8, 4) is 5.75 Å². The van der Waals surface area contributed by atoms with Crippen LogP contribution in [0, 0.1) is 0 Å². The molecule has 1 heterocycles. The van der Waals surface area contributed by atoms with Gasteiger partial charge in [-0.3, -0.25) is 10.1 Å². The Kier molecular flexibility index (Phi) is 6.81. The first-order valence-corrected chi connectivity index (χ1v) is 10.2. The number of unbranched alkanes of at least 4 members (excludes halogenated alkanes) is 1. The van der Waals surface area contributed by atoms with Crippen LogP contribution in [0.4, 0.5) is 16.2 Å². The van der Waals surface area contributed by atoms with Crippen molar-refractivity contribution in [3.05, 3.63) is 48.0 Å². The molecule has 2 aromatic carbocycles. The second kappa shape index (κ2) is 9.50. The molecule has 1 atom stereocenters. The van der Waals surface area contributed by atoms with Crippen molar-refractivity contribution in [1.82, 2.24) is 0 Å². The third-order valence-corrected chi connectivity index (χ3v) is 5.33. The Labute approximate surface area is 169 Å². The Balaban J connectivity index is 1.37. The van der Waals surface area contributed by atoms with Gasteiger partial charge in [-0.25, -0.2) is 4.79 Å². The Morgan fingerprint density at radius 2 is 2.00 bits per heavy atom. The normalized spacial score (nSPS) is 15.2. The van der Waals surface area contributed by atoms with Gasteiger partial charge in [0, 0.05) is 23.1 Å². The number of fused-ring (bicyclic) bond motifs is 1. The maximum Gasteiger partial charge on any atom is 0.412 e. The predicted molar refractivity (Wildman–Crippen MR) is 111 cm³/mol. The molecule has 0 aliphatic carbocycles. The van der Waals surface area contributed by atoms with E-state index in [4.69, 9.17) is 9.47 Å². The van der Waals surface area contributed by atoms with Crippen LogP contribution >= 0.6 is 11.8 Å². The molecule has 148 valence electrons. The van der Waals surface area contributed by atoms with Crippen molar-refractivity contribution in [2.24, 2.45) is 0 Å². The molecule has 2 amide bonds. The van der Waals surface area contributed by atoms with Crippen molar-refractivity contribution in [2.75, 3.05) is 23.0 Å². The number of cyclic esters (lactones) is 1. The van der Waals surface area contributed by atoms with Crippen molar-refractivity contribution in [3.63, 3.8) is 0 Å². The highest BCUT2D eigenvalue weighted by molar-refractivity contribution is 7.99. The molecule has 0 aromatic heterocycles. The molecule has 1 unspecified atom stereocenters. The van der Waals surface area contributed by atoms with Gasteiger partial charge in [0.15, 0.2) is 0 Å². The molecule has 2 aromatic rings. The number of nitrogens with one attached hydrogen (secondary N) is 2. The van der Waals surface area contributed by atoms with Crippen LogP contribution in [0.25, 0.3) is 0 Å². The molecular formula is C21H24N2O4S. The van der Waals surface area contributed by atoms with Crippen LogP contribution in [0.1, 0.15) is 38.4 Å². The summed E-state index contributed by atoms with van der Waals surface area (Å²) in [6.07, 6.45) is 1.30. The predicted octanol–water partition coefficient (Wildman–Crippen LogP) is 5.22. The molecule has 7 heteroatoms. The van der Waals surface area contributed by atoms with E-state index in [1.165, 1.54) is 11.8 Å². The molecule has 28 heavy (non-hydrogen) atoms. The van der Waals surface area contributed by atoms with Gasteiger partial charge in [0.05, 0.1) is 12.3 Å². The van der Waals surface area contributed by atoms with Gasteiger partial charge >= 0.3 is 6.09 Å². The van der Waals surface area contributed by atoms with Crippen LogP contribution in [-0.2, 0) is 9.53 Å². The molecule has 0 saturated carbocycles. The van der Waals surface area contributed by atoms with E-state index in [9.17, 15) is 9.59 Å². The minimum absolute atomic E-state index is 0.0638. The first-order chi connectivity index (χ1) is 13.5. The Bertz CT molecular complexity index is 839. The fourth-order valence-corrected chi connectivity index (χ4v) is 3.78. The maximum atomic E-state index is 11.4. The summed E-state index contributed by atoms with van der Waals surface area (Å²) in [5.41, 5.74) is 2.52. The molecule has 1 aliphatic rings. The lowest BCUT2D eigenvalue weighted by atomic mass is 10.1. The first-order valence-electron chi connectivity index (χ1n) is 9.26. The molecular weight excluding hydrogens is 376 g/mol. The zero-order valence-electron chi connectivity index (χ0n) is 16.0. The van der Waals surface area contributed by atoms with Gasteiger partial charge in [-0.15, -0.1) is 11.8 Å². The van der Waals surface area contributed by atoms with Gasteiger partial charge in [-0.2, -0.15) is 0 Å². The summed E-state index contributed by atoms with van der Waals surface area (Å²) in [4.78, 5) is 23.6. The first kappa shape index (κ1) is 20.1. The van der Waals surface area contributed by atoms with Gasteiger partial charge in [-0.1, -0.05) is 0 Å². The van der Waals surface area contributed by atoms with Gasteiger partial charge in [0.25, 0.3) is 0 Å². The smallest absolute Gasteiger partial charge is 0.412 e. The van der Waals surface area contributed by atoms with Crippen LogP contribution < -0.4 is 15.4 Å². The Hall–Kier alpha value is -2.67.